The summed E-state index contributed by atoms with van der Waals surface area (Å²) in [5.41, 5.74) is 3.05. The summed E-state index contributed by atoms with van der Waals surface area (Å²) in [4.78, 5) is 1.44. The van der Waals surface area contributed by atoms with Crippen molar-refractivity contribution in [3.63, 3.8) is 0 Å². The Kier molecular flexibility index (Phi) is 4.06. The molecule has 1 N–H and O–H groups in total. The molecular formula is C16H18BrNS. The van der Waals surface area contributed by atoms with Crippen LogP contribution in [0.1, 0.15) is 41.3 Å². The van der Waals surface area contributed by atoms with Crippen LogP contribution in [0.2, 0.25) is 0 Å². The molecule has 0 aliphatic heterocycles. The zero-order valence-electron chi connectivity index (χ0n) is 11.0. The first-order chi connectivity index (χ1) is 9.29. The van der Waals surface area contributed by atoms with E-state index in [0.717, 1.165) is 6.54 Å². The van der Waals surface area contributed by atoms with Crippen molar-refractivity contribution in [2.24, 2.45) is 0 Å². The smallest absolute Gasteiger partial charge is 0.0701 e. The fourth-order valence-corrected chi connectivity index (χ4v) is 4.40. The Bertz CT molecular complexity index is 563. The molecule has 3 heteroatoms. The van der Waals surface area contributed by atoms with E-state index in [4.69, 9.17) is 0 Å². The minimum absolute atomic E-state index is 0.464. The Morgan fingerprint density at radius 2 is 2.16 bits per heavy atom. The van der Waals surface area contributed by atoms with Gasteiger partial charge in [0, 0.05) is 16.8 Å². The fourth-order valence-electron chi connectivity index (χ4n) is 2.83. The van der Waals surface area contributed by atoms with Crippen LogP contribution < -0.4 is 5.32 Å². The topological polar surface area (TPSA) is 12.0 Å². The van der Waals surface area contributed by atoms with Crippen LogP contribution in [0.15, 0.2) is 40.2 Å². The van der Waals surface area contributed by atoms with E-state index in [9.17, 15) is 0 Å². The van der Waals surface area contributed by atoms with Crippen molar-refractivity contribution in [3.05, 3.63) is 56.2 Å². The highest BCUT2D eigenvalue weighted by Gasteiger charge is 2.33. The summed E-state index contributed by atoms with van der Waals surface area (Å²) >= 11 is 5.43. The van der Waals surface area contributed by atoms with Crippen molar-refractivity contribution < 1.29 is 0 Å². The van der Waals surface area contributed by atoms with Crippen molar-refractivity contribution in [2.45, 2.75) is 31.7 Å². The highest BCUT2D eigenvalue weighted by Crippen LogP contribution is 2.45. The maximum Gasteiger partial charge on any atom is 0.0701 e. The van der Waals surface area contributed by atoms with Crippen LogP contribution in [-0.2, 0) is 6.42 Å². The largest absolute Gasteiger partial charge is 0.309 e. The van der Waals surface area contributed by atoms with Crippen LogP contribution >= 0.6 is 27.3 Å². The molecule has 2 atom stereocenters. The van der Waals surface area contributed by atoms with Gasteiger partial charge in [0.25, 0.3) is 0 Å². The summed E-state index contributed by atoms with van der Waals surface area (Å²) in [5.74, 6) is 0.633. The van der Waals surface area contributed by atoms with Crippen LogP contribution in [0, 0.1) is 0 Å². The van der Waals surface area contributed by atoms with Crippen molar-refractivity contribution in [1.29, 1.82) is 0 Å². The second-order valence-corrected chi connectivity index (χ2v) is 7.58. The number of thiophene rings is 1. The maximum atomic E-state index is 3.73. The summed E-state index contributed by atoms with van der Waals surface area (Å²) in [5, 5.41) is 3.73. The molecule has 3 rings (SSSR count). The molecule has 0 bridgehead atoms. The molecule has 0 saturated heterocycles. The third-order valence-electron chi connectivity index (χ3n) is 3.81. The molecule has 1 aromatic heterocycles. The van der Waals surface area contributed by atoms with Crippen molar-refractivity contribution in [2.75, 3.05) is 6.54 Å². The number of fused-ring (bicyclic) bond motifs is 1. The normalized spacial score (nSPS) is 18.7. The number of hydrogen-bond acceptors (Lipinski definition) is 2. The average Bonchev–Trinajstić information content (AvgIpc) is 2.81. The summed E-state index contributed by atoms with van der Waals surface area (Å²) in [6.45, 7) is 3.31. The Labute approximate surface area is 127 Å². The molecule has 0 fully saturated rings. The Balaban J connectivity index is 1.85. The highest BCUT2D eigenvalue weighted by atomic mass is 79.9. The van der Waals surface area contributed by atoms with Crippen molar-refractivity contribution in [3.8, 4) is 0 Å². The number of rotatable bonds is 5. The first kappa shape index (κ1) is 13.3. The lowest BCUT2D eigenvalue weighted by atomic mass is 9.73. The summed E-state index contributed by atoms with van der Waals surface area (Å²) in [6, 6.07) is 13.7. The zero-order valence-corrected chi connectivity index (χ0v) is 13.4. The highest BCUT2D eigenvalue weighted by molar-refractivity contribution is 9.11. The Morgan fingerprint density at radius 3 is 2.84 bits per heavy atom. The molecule has 1 nitrogen and oxygen atoms in total. The second kappa shape index (κ2) is 5.78. The van der Waals surface area contributed by atoms with Crippen molar-refractivity contribution in [1.82, 2.24) is 5.32 Å². The molecule has 1 aliphatic carbocycles. The van der Waals surface area contributed by atoms with Gasteiger partial charge < -0.3 is 5.32 Å². The lowest BCUT2D eigenvalue weighted by Crippen LogP contribution is -2.33. The minimum Gasteiger partial charge on any atom is -0.309 e. The predicted molar refractivity (Wildman–Crippen MR) is 85.9 cm³/mol. The number of hydrogen-bond donors (Lipinski definition) is 1. The summed E-state index contributed by atoms with van der Waals surface area (Å²) in [6.07, 6.45) is 2.38. The van der Waals surface area contributed by atoms with Gasteiger partial charge in [-0.25, -0.2) is 0 Å². The van der Waals surface area contributed by atoms with Crippen LogP contribution in [0.25, 0.3) is 0 Å². The molecule has 1 aromatic carbocycles. The summed E-state index contributed by atoms with van der Waals surface area (Å²) in [7, 11) is 0. The van der Waals surface area contributed by atoms with Gasteiger partial charge in [-0.15, -0.1) is 11.3 Å². The lowest BCUT2D eigenvalue weighted by Gasteiger charge is -2.36. The van der Waals surface area contributed by atoms with Gasteiger partial charge in [0.05, 0.1) is 3.79 Å². The number of benzene rings is 1. The van der Waals surface area contributed by atoms with E-state index in [1.54, 1.807) is 0 Å². The maximum absolute atomic E-state index is 3.73. The van der Waals surface area contributed by atoms with Crippen LogP contribution in [-0.4, -0.2) is 6.54 Å². The van der Waals surface area contributed by atoms with Gasteiger partial charge in [-0.2, -0.15) is 0 Å². The first-order valence-electron chi connectivity index (χ1n) is 6.86. The number of halogens is 1. The van der Waals surface area contributed by atoms with Crippen LogP contribution in [0.5, 0.6) is 0 Å². The van der Waals surface area contributed by atoms with Crippen molar-refractivity contribution >= 4 is 27.3 Å². The molecule has 0 saturated carbocycles. The third kappa shape index (κ3) is 2.64. The number of nitrogens with one attached hydrogen (secondary N) is 1. The monoisotopic (exact) mass is 335 g/mol. The van der Waals surface area contributed by atoms with Gasteiger partial charge in [-0.3, -0.25) is 0 Å². The molecule has 100 valence electrons. The quantitative estimate of drug-likeness (QED) is 0.820. The molecule has 1 aliphatic rings. The first-order valence-corrected chi connectivity index (χ1v) is 8.47. The Morgan fingerprint density at radius 1 is 1.32 bits per heavy atom. The van der Waals surface area contributed by atoms with Gasteiger partial charge in [0.15, 0.2) is 0 Å². The molecule has 2 unspecified atom stereocenters. The van der Waals surface area contributed by atoms with Gasteiger partial charge in [-0.05, 0) is 58.6 Å². The summed E-state index contributed by atoms with van der Waals surface area (Å²) < 4.78 is 1.22. The molecule has 0 radical (unpaired) electrons. The zero-order chi connectivity index (χ0) is 13.2. The van der Waals surface area contributed by atoms with Gasteiger partial charge in [-0.1, -0.05) is 31.2 Å². The lowest BCUT2D eigenvalue weighted by molar-refractivity contribution is 0.417. The van der Waals surface area contributed by atoms with Gasteiger partial charge >= 0.3 is 0 Å². The van der Waals surface area contributed by atoms with E-state index in [1.165, 1.54) is 32.6 Å². The minimum atomic E-state index is 0.464. The predicted octanol–water partition coefficient (Wildman–Crippen LogP) is 4.89. The molecular weight excluding hydrogens is 318 g/mol. The van der Waals surface area contributed by atoms with Gasteiger partial charge in [0.1, 0.15) is 0 Å². The fraction of sp³-hybridized carbons (Fsp3) is 0.375. The van der Waals surface area contributed by atoms with E-state index in [1.807, 2.05) is 11.3 Å². The van der Waals surface area contributed by atoms with Crippen LogP contribution in [0.3, 0.4) is 0 Å². The second-order valence-electron chi connectivity index (χ2n) is 5.08. The SMILES string of the molecule is CCCNC(c1ccc(Br)s1)C1Cc2ccccc21. The van der Waals surface area contributed by atoms with Gasteiger partial charge in [0.2, 0.25) is 0 Å². The molecule has 0 spiro atoms. The van der Waals surface area contributed by atoms with E-state index >= 15 is 0 Å². The van der Waals surface area contributed by atoms with E-state index < -0.39 is 0 Å². The Hall–Kier alpha value is -0.640. The molecule has 1 heterocycles. The van der Waals surface area contributed by atoms with E-state index in [2.05, 4.69) is 64.6 Å². The third-order valence-corrected chi connectivity index (χ3v) is 5.52. The van der Waals surface area contributed by atoms with Crippen LogP contribution in [0.4, 0.5) is 0 Å². The average molecular weight is 336 g/mol. The standard InChI is InChI=1S/C16H18BrNS/c1-2-9-18-16(14-7-8-15(17)19-14)13-10-11-5-3-4-6-12(11)13/h3-8,13,16,18H,2,9-10H2,1H3. The van der Waals surface area contributed by atoms with E-state index in [0.29, 0.717) is 12.0 Å². The molecule has 2 aromatic rings. The van der Waals surface area contributed by atoms with E-state index in [-0.39, 0.29) is 0 Å². The molecule has 0 amide bonds. The molecule has 19 heavy (non-hydrogen) atoms.